The van der Waals surface area contributed by atoms with E-state index in [9.17, 15) is 18.4 Å². The largest absolute Gasteiger partial charge is 0.480 e. The summed E-state index contributed by atoms with van der Waals surface area (Å²) in [6.45, 7) is 4.93. The highest BCUT2D eigenvalue weighted by atomic mass is 19.1. The molecule has 2 unspecified atom stereocenters. The number of nitrogens with one attached hydrogen (secondary N) is 2. The zero-order valence-electron chi connectivity index (χ0n) is 21.8. The van der Waals surface area contributed by atoms with Crippen LogP contribution in [0.25, 0.3) is 0 Å². The Morgan fingerprint density at radius 3 is 2.24 bits per heavy atom. The topological polar surface area (TPSA) is 117 Å². The van der Waals surface area contributed by atoms with Crippen LogP contribution in [0.4, 0.5) is 14.6 Å². The Balaban J connectivity index is 0.000000267. The minimum absolute atomic E-state index is 0.163. The number of pyridine rings is 1. The molecule has 5 N–H and O–H groups in total. The lowest BCUT2D eigenvalue weighted by atomic mass is 10.1. The summed E-state index contributed by atoms with van der Waals surface area (Å²) in [5.41, 5.74) is 8.30. The van der Waals surface area contributed by atoms with Gasteiger partial charge in [0.1, 0.15) is 23.5 Å². The number of nitrogens with two attached hydrogens (primary N) is 1. The highest BCUT2D eigenvalue weighted by molar-refractivity contribution is 5.84. The molecule has 1 heterocycles. The van der Waals surface area contributed by atoms with Crippen LogP contribution in [0.2, 0.25) is 0 Å². The molecule has 0 radical (unpaired) electrons. The van der Waals surface area contributed by atoms with Gasteiger partial charge in [-0.25, -0.2) is 18.6 Å². The molecule has 1 aromatic heterocycles. The molecule has 204 valence electrons. The van der Waals surface area contributed by atoms with Gasteiger partial charge < -0.3 is 21.5 Å². The molecule has 2 atom stereocenters. The number of amides is 1. The highest BCUT2D eigenvalue weighted by Crippen LogP contribution is 2.09. The summed E-state index contributed by atoms with van der Waals surface area (Å²) < 4.78 is 25.8. The van der Waals surface area contributed by atoms with E-state index < -0.39 is 29.6 Å². The quantitative estimate of drug-likeness (QED) is 0.273. The zero-order chi connectivity index (χ0) is 27.9. The summed E-state index contributed by atoms with van der Waals surface area (Å²) in [7, 11) is 0. The van der Waals surface area contributed by atoms with Crippen LogP contribution in [0.15, 0.2) is 66.9 Å². The minimum Gasteiger partial charge on any atom is -0.480 e. The number of rotatable bonds is 12. The lowest BCUT2D eigenvalue weighted by Gasteiger charge is -2.13. The van der Waals surface area contributed by atoms with Crippen LogP contribution in [-0.2, 0) is 29.0 Å². The van der Waals surface area contributed by atoms with E-state index in [2.05, 4.69) is 46.8 Å². The second-order valence-corrected chi connectivity index (χ2v) is 9.10. The van der Waals surface area contributed by atoms with Crippen molar-refractivity contribution in [2.45, 2.75) is 64.6 Å². The van der Waals surface area contributed by atoms with Gasteiger partial charge in [0.15, 0.2) is 0 Å². The van der Waals surface area contributed by atoms with Gasteiger partial charge >= 0.3 is 5.97 Å². The van der Waals surface area contributed by atoms with Gasteiger partial charge in [-0.05, 0) is 61.1 Å². The molecule has 0 spiro atoms. The summed E-state index contributed by atoms with van der Waals surface area (Å²) in [5, 5.41) is 14.7. The molecule has 0 fully saturated rings. The number of hydrogen-bond acceptors (Lipinski definition) is 5. The van der Waals surface area contributed by atoms with Crippen LogP contribution in [0.3, 0.4) is 0 Å². The number of aryl methyl sites for hydroxylation is 1. The van der Waals surface area contributed by atoms with Crippen LogP contribution >= 0.6 is 0 Å². The van der Waals surface area contributed by atoms with Crippen LogP contribution in [0.5, 0.6) is 0 Å². The van der Waals surface area contributed by atoms with Gasteiger partial charge in [0, 0.05) is 24.8 Å². The SMILES string of the molecule is CC(CCc1ccc(N)nc1)NCc1ccccc1.CCCC(NC(=O)Cc1cc(F)cc(F)c1)C(=O)O. The zero-order valence-corrected chi connectivity index (χ0v) is 21.8. The van der Waals surface area contributed by atoms with Gasteiger partial charge in [-0.2, -0.15) is 0 Å². The fraction of sp³-hybridized carbons (Fsp3) is 0.345. The summed E-state index contributed by atoms with van der Waals surface area (Å²) in [6.07, 6.45) is 4.63. The Kier molecular flexibility index (Phi) is 12.9. The molecule has 0 aliphatic carbocycles. The maximum atomic E-state index is 12.9. The fourth-order valence-corrected chi connectivity index (χ4v) is 3.65. The van der Waals surface area contributed by atoms with Gasteiger partial charge in [-0.15, -0.1) is 0 Å². The molecule has 38 heavy (non-hydrogen) atoms. The van der Waals surface area contributed by atoms with Crippen molar-refractivity contribution >= 4 is 17.7 Å². The first-order valence-corrected chi connectivity index (χ1v) is 12.6. The number of halogens is 2. The molecule has 0 bridgehead atoms. The van der Waals surface area contributed by atoms with Crippen molar-refractivity contribution in [2.75, 3.05) is 5.73 Å². The van der Waals surface area contributed by atoms with E-state index in [0.717, 1.165) is 31.5 Å². The number of nitrogen functional groups attached to an aromatic ring is 1. The molecule has 2 aromatic carbocycles. The Labute approximate surface area is 222 Å². The van der Waals surface area contributed by atoms with Gasteiger partial charge in [0.05, 0.1) is 6.42 Å². The first-order valence-electron chi connectivity index (χ1n) is 12.6. The van der Waals surface area contributed by atoms with Gasteiger partial charge in [-0.3, -0.25) is 4.79 Å². The Hall–Kier alpha value is -3.85. The van der Waals surface area contributed by atoms with E-state index in [1.165, 1.54) is 11.1 Å². The van der Waals surface area contributed by atoms with Crippen LogP contribution in [0.1, 0.15) is 49.8 Å². The first kappa shape index (κ1) is 30.4. The van der Waals surface area contributed by atoms with E-state index in [0.29, 0.717) is 30.8 Å². The number of carboxylic acid groups (broad SMARTS) is 1. The summed E-state index contributed by atoms with van der Waals surface area (Å²) in [4.78, 5) is 26.6. The van der Waals surface area contributed by atoms with Crippen LogP contribution in [-0.4, -0.2) is 34.1 Å². The minimum atomic E-state index is -1.12. The second-order valence-electron chi connectivity index (χ2n) is 9.10. The number of carbonyl (C=O) groups excluding carboxylic acids is 1. The van der Waals surface area contributed by atoms with E-state index >= 15 is 0 Å². The predicted molar refractivity (Wildman–Crippen MR) is 144 cm³/mol. The molecule has 9 heteroatoms. The summed E-state index contributed by atoms with van der Waals surface area (Å²) >= 11 is 0. The number of anilines is 1. The summed E-state index contributed by atoms with van der Waals surface area (Å²) in [6, 6.07) is 16.7. The molecule has 7 nitrogen and oxygen atoms in total. The number of carbonyl (C=O) groups is 2. The number of carboxylic acids is 1. The van der Waals surface area contributed by atoms with Crippen molar-refractivity contribution in [3.05, 3.63) is 95.2 Å². The molecule has 1 amide bonds. The number of nitrogens with zero attached hydrogens (tertiary/aromatic N) is 1. The Morgan fingerprint density at radius 2 is 1.66 bits per heavy atom. The molecular weight excluding hydrogens is 490 g/mol. The fourth-order valence-electron chi connectivity index (χ4n) is 3.65. The lowest BCUT2D eigenvalue weighted by Crippen LogP contribution is -2.41. The Bertz CT molecular complexity index is 1120. The second kappa shape index (κ2) is 16.1. The maximum absolute atomic E-state index is 12.9. The molecule has 3 rings (SSSR count). The number of aliphatic carboxylic acids is 1. The standard InChI is InChI=1S/C16H21N3.C13H15F2NO3/c1-13(18-11-14-5-3-2-4-6-14)7-8-15-9-10-16(17)19-12-15;1-2-3-11(13(18)19)16-12(17)6-8-4-9(14)7-10(15)5-8/h2-6,9-10,12-13,18H,7-8,11H2,1H3,(H2,17,19);4-5,7,11H,2-3,6H2,1H3,(H,16,17)(H,18,19). The van der Waals surface area contributed by atoms with Crippen molar-refractivity contribution in [3.63, 3.8) is 0 Å². The third-order valence-electron chi connectivity index (χ3n) is 5.71. The third-order valence-corrected chi connectivity index (χ3v) is 5.71. The monoisotopic (exact) mass is 526 g/mol. The van der Waals surface area contributed by atoms with Crippen molar-refractivity contribution in [2.24, 2.45) is 0 Å². The van der Waals surface area contributed by atoms with E-state index in [1.807, 2.05) is 24.4 Å². The van der Waals surface area contributed by atoms with Gasteiger partial charge in [0.25, 0.3) is 0 Å². The average Bonchev–Trinajstić information content (AvgIpc) is 2.87. The van der Waals surface area contributed by atoms with E-state index in [1.54, 1.807) is 6.92 Å². The van der Waals surface area contributed by atoms with Crippen LogP contribution < -0.4 is 16.4 Å². The van der Waals surface area contributed by atoms with E-state index in [-0.39, 0.29) is 12.0 Å². The molecular formula is C29H36F2N4O3. The van der Waals surface area contributed by atoms with Crippen molar-refractivity contribution in [3.8, 4) is 0 Å². The number of benzene rings is 2. The molecule has 0 aliphatic heterocycles. The average molecular weight is 527 g/mol. The number of hydrogen-bond donors (Lipinski definition) is 4. The van der Waals surface area contributed by atoms with Crippen molar-refractivity contribution in [1.82, 2.24) is 15.6 Å². The van der Waals surface area contributed by atoms with Crippen molar-refractivity contribution < 1.29 is 23.5 Å². The first-order chi connectivity index (χ1) is 18.2. The number of aromatic nitrogens is 1. The van der Waals surface area contributed by atoms with Gasteiger partial charge in [0.2, 0.25) is 5.91 Å². The normalized spacial score (nSPS) is 12.1. The lowest BCUT2D eigenvalue weighted by molar-refractivity contribution is -0.141. The molecule has 0 saturated carbocycles. The molecule has 3 aromatic rings. The van der Waals surface area contributed by atoms with Gasteiger partial charge in [-0.1, -0.05) is 49.7 Å². The summed E-state index contributed by atoms with van der Waals surface area (Å²) in [5.74, 6) is -2.66. The highest BCUT2D eigenvalue weighted by Gasteiger charge is 2.19. The smallest absolute Gasteiger partial charge is 0.326 e. The maximum Gasteiger partial charge on any atom is 0.326 e. The Morgan fingerprint density at radius 1 is 0.974 bits per heavy atom. The van der Waals surface area contributed by atoms with Crippen LogP contribution in [0, 0.1) is 11.6 Å². The predicted octanol–water partition coefficient (Wildman–Crippen LogP) is 4.65. The van der Waals surface area contributed by atoms with Crippen molar-refractivity contribution in [1.29, 1.82) is 0 Å². The molecule has 0 aliphatic rings. The molecule has 0 saturated heterocycles. The third kappa shape index (κ3) is 11.9. The van der Waals surface area contributed by atoms with E-state index in [4.69, 9.17) is 10.8 Å².